The van der Waals surface area contributed by atoms with Gasteiger partial charge in [0.1, 0.15) is 0 Å². The van der Waals surface area contributed by atoms with Crippen molar-refractivity contribution in [1.82, 2.24) is 0 Å². The Kier molecular flexibility index (Phi) is 240. The van der Waals surface area contributed by atoms with Crippen LogP contribution in [0.15, 0.2) is 0 Å². The van der Waals surface area contributed by atoms with Gasteiger partial charge in [-0.3, -0.25) is 0 Å². The van der Waals surface area contributed by atoms with E-state index >= 15 is 0 Å². The minimum Gasteiger partial charge on any atom is -1.00 e. The van der Waals surface area contributed by atoms with Gasteiger partial charge in [0.25, 0.3) is 0 Å². The monoisotopic (exact) mass is 188 g/mol. The van der Waals surface area contributed by atoms with Crippen LogP contribution in [0, 0.1) is 0 Å². The molecule has 0 N–H and O–H groups in total. The van der Waals surface area contributed by atoms with E-state index in [2.05, 4.69) is 0 Å². The van der Waals surface area contributed by atoms with Crippen LogP contribution >= 0.6 is 0 Å². The Morgan fingerprint density at radius 3 is 1.20 bits per heavy atom. The average molecular weight is 190 g/mol. The summed E-state index contributed by atoms with van der Waals surface area (Å²) in [5.41, 5.74) is 0. The van der Waals surface area contributed by atoms with Gasteiger partial charge < -0.3 is 4.28 Å². The molecule has 0 bridgehead atoms. The number of hydrogen-bond donors (Lipinski definition) is 0. The minimum absolute atomic E-state index is 0. The first-order chi connectivity index (χ1) is 0. The summed E-state index contributed by atoms with van der Waals surface area (Å²) in [6.07, 6.45) is 0. The van der Waals surface area contributed by atoms with Crippen molar-refractivity contribution in [3.63, 3.8) is 0 Å². The molecule has 5 heavy (non-hydrogen) atoms. The van der Waals surface area contributed by atoms with E-state index in [1.807, 2.05) is 0 Å². The van der Waals surface area contributed by atoms with Gasteiger partial charge >= 0.3 is 41.9 Å². The summed E-state index contributed by atoms with van der Waals surface area (Å²) in [5, 5.41) is 0. The van der Waals surface area contributed by atoms with Crippen molar-refractivity contribution in [1.29, 1.82) is 0 Å². The fraction of sp³-hybridized carbons (Fsp3) is 0. The van der Waals surface area contributed by atoms with Crippen molar-refractivity contribution < 1.29 is 59.7 Å². The van der Waals surface area contributed by atoms with Gasteiger partial charge in [-0.2, -0.15) is 0 Å². The van der Waals surface area contributed by atoms with E-state index in [0.717, 1.165) is 0 Å². The zero-order chi connectivity index (χ0) is 0. The Balaban J connectivity index is 0. The summed E-state index contributed by atoms with van der Waals surface area (Å²) >= 11 is 0. The standard InChI is InChI=1S/Al.Cu.Li.Mg.Zn.3H/q;;+1;+2;;3*-1. The maximum atomic E-state index is 0. The largest absolute Gasteiger partial charge is 2.00 e. The van der Waals surface area contributed by atoms with Crippen molar-refractivity contribution >= 4 is 40.4 Å². The SMILES string of the molecule is [Al].[Cu].[H-].[H-].[H-].[Li+].[Mg+2].[Zn]. The Morgan fingerprint density at radius 2 is 1.20 bits per heavy atom. The van der Waals surface area contributed by atoms with E-state index in [0.29, 0.717) is 0 Å². The fourth-order valence-electron chi connectivity index (χ4n) is 0. The van der Waals surface area contributed by atoms with Crippen LogP contribution in [0.1, 0.15) is 4.28 Å². The molecule has 0 fully saturated rings. The zero-order valence-electron chi connectivity index (χ0n) is 6.29. The summed E-state index contributed by atoms with van der Waals surface area (Å²) in [6, 6.07) is 0. The van der Waals surface area contributed by atoms with E-state index in [4.69, 9.17) is 0 Å². The van der Waals surface area contributed by atoms with Crippen LogP contribution in [0.4, 0.5) is 0 Å². The quantitative estimate of drug-likeness (QED) is 0.349. The smallest absolute Gasteiger partial charge is 1.00 e. The van der Waals surface area contributed by atoms with Crippen LogP contribution in [0.5, 0.6) is 0 Å². The van der Waals surface area contributed by atoms with Crippen LogP contribution in [-0.4, -0.2) is 40.4 Å². The van der Waals surface area contributed by atoms with Crippen molar-refractivity contribution in [2.45, 2.75) is 0 Å². The average Bonchev–Trinajstić information content (AvgIpc) is 0. The van der Waals surface area contributed by atoms with E-state index in [1.54, 1.807) is 0 Å². The molecule has 0 aromatic carbocycles. The first-order valence-corrected chi connectivity index (χ1v) is 0. The normalized spacial score (nSPS) is 0. The molecule has 0 saturated carbocycles. The summed E-state index contributed by atoms with van der Waals surface area (Å²) in [6.45, 7) is 0. The Bertz CT molecular complexity index is 19.2. The van der Waals surface area contributed by atoms with Crippen LogP contribution in [0.2, 0.25) is 0 Å². The molecule has 0 spiro atoms. The molecule has 22 valence electrons. The molecule has 0 unspecified atom stereocenters. The minimum atomic E-state index is 0. The molecule has 0 amide bonds. The van der Waals surface area contributed by atoms with Crippen molar-refractivity contribution in [3.8, 4) is 0 Å². The Labute approximate surface area is 98.7 Å². The second kappa shape index (κ2) is 27.8. The van der Waals surface area contributed by atoms with Gasteiger partial charge in [0.05, 0.1) is 0 Å². The van der Waals surface area contributed by atoms with E-state index < -0.39 is 0 Å². The predicted molar refractivity (Wildman–Crippen MR) is 14.8 cm³/mol. The number of rotatable bonds is 0. The maximum Gasteiger partial charge on any atom is 2.00 e. The molecule has 5 heteroatoms. The molecular weight excluding hydrogens is 187 g/mol. The van der Waals surface area contributed by atoms with Gasteiger partial charge in [-0.05, 0) is 0 Å². The van der Waals surface area contributed by atoms with E-state index in [1.165, 1.54) is 0 Å². The van der Waals surface area contributed by atoms with E-state index in [9.17, 15) is 0 Å². The summed E-state index contributed by atoms with van der Waals surface area (Å²) in [4.78, 5) is 0. The Hall–Kier alpha value is 3.04. The summed E-state index contributed by atoms with van der Waals surface area (Å²) < 4.78 is 0. The first kappa shape index (κ1) is 43.1. The molecule has 0 aliphatic heterocycles. The van der Waals surface area contributed by atoms with Gasteiger partial charge in [0.15, 0.2) is 0 Å². The first-order valence-electron chi connectivity index (χ1n) is 0. The summed E-state index contributed by atoms with van der Waals surface area (Å²) in [7, 11) is 0. The summed E-state index contributed by atoms with van der Waals surface area (Å²) in [5.74, 6) is 0. The molecule has 4 radical (unpaired) electrons. The second-order valence-corrected chi connectivity index (χ2v) is 0. The third-order valence-electron chi connectivity index (χ3n) is 0. The molecule has 0 saturated heterocycles. The van der Waals surface area contributed by atoms with Crippen LogP contribution in [0.25, 0.3) is 0 Å². The van der Waals surface area contributed by atoms with Crippen LogP contribution in [0.3, 0.4) is 0 Å². The molecule has 0 nitrogen and oxygen atoms in total. The van der Waals surface area contributed by atoms with Gasteiger partial charge in [-0.25, -0.2) is 0 Å². The maximum absolute atomic E-state index is 0. The van der Waals surface area contributed by atoms with E-state index in [-0.39, 0.29) is 100 Å². The molecule has 0 aromatic rings. The number of hydrogen-bond acceptors (Lipinski definition) is 0. The van der Waals surface area contributed by atoms with Crippen LogP contribution < -0.4 is 18.9 Å². The Morgan fingerprint density at radius 1 is 1.20 bits per heavy atom. The van der Waals surface area contributed by atoms with Crippen molar-refractivity contribution in [2.75, 3.05) is 0 Å². The van der Waals surface area contributed by atoms with Crippen LogP contribution in [-0.2, 0) is 36.5 Å². The third-order valence-corrected chi connectivity index (χ3v) is 0. The molecule has 0 heterocycles. The van der Waals surface area contributed by atoms with Crippen molar-refractivity contribution in [2.24, 2.45) is 0 Å². The molecular formula is H3AlCuLiMgZn. The van der Waals surface area contributed by atoms with Gasteiger partial charge in [-0.1, -0.05) is 0 Å². The molecule has 0 aromatic heterocycles. The van der Waals surface area contributed by atoms with Gasteiger partial charge in [-0.15, -0.1) is 0 Å². The van der Waals surface area contributed by atoms with Gasteiger partial charge in [0.2, 0.25) is 0 Å². The second-order valence-electron chi connectivity index (χ2n) is 0. The molecule has 0 aliphatic rings. The molecule has 0 rings (SSSR count). The van der Waals surface area contributed by atoms with Crippen molar-refractivity contribution in [3.05, 3.63) is 0 Å². The zero-order valence-corrected chi connectivity index (χ0v) is 9.77. The molecule has 0 atom stereocenters. The topological polar surface area (TPSA) is 0 Å². The predicted octanol–water partition coefficient (Wildman–Crippen LogP) is -3.43. The van der Waals surface area contributed by atoms with Gasteiger partial charge in [0, 0.05) is 53.9 Å². The fourth-order valence-corrected chi connectivity index (χ4v) is 0. The third kappa shape index (κ3) is 19.4. The molecule has 0 aliphatic carbocycles.